The van der Waals surface area contributed by atoms with Crippen LogP contribution in [0.2, 0.25) is 0 Å². The molecule has 1 aromatic carbocycles. The van der Waals surface area contributed by atoms with Crippen molar-refractivity contribution in [3.05, 3.63) is 59.4 Å². The van der Waals surface area contributed by atoms with Crippen molar-refractivity contribution in [1.29, 1.82) is 5.26 Å². The first kappa shape index (κ1) is 20.4. The number of rotatable bonds is 6. The number of carbonyl (C=O) groups is 1. The molecule has 3 rings (SSSR count). The fraction of sp³-hybridized carbons (Fsp3) is 0.158. The van der Waals surface area contributed by atoms with Crippen LogP contribution < -0.4 is 5.32 Å². The van der Waals surface area contributed by atoms with Gasteiger partial charge in [0.05, 0.1) is 0 Å². The van der Waals surface area contributed by atoms with Gasteiger partial charge >= 0.3 is 0 Å². The maximum Gasteiger partial charge on any atom is 0.268 e. The number of hydrogen-bond donors (Lipinski definition) is 1. The monoisotopic (exact) mass is 427 g/mol. The second-order valence-electron chi connectivity index (χ2n) is 6.10. The second kappa shape index (κ2) is 8.38. The molecule has 0 saturated carbocycles. The number of sulfone groups is 1. The number of aromatic nitrogens is 3. The normalized spacial score (nSPS) is 11.8. The summed E-state index contributed by atoms with van der Waals surface area (Å²) < 4.78 is 28.4. The Bertz CT molecular complexity index is 1220. The molecule has 2 heterocycles. The molecule has 0 radical (unpaired) electrons. The van der Waals surface area contributed by atoms with E-state index in [1.54, 1.807) is 6.07 Å². The molecule has 2 aromatic heterocycles. The average Bonchev–Trinajstić information content (AvgIpc) is 3.35. The number of hydrogen-bond acceptors (Lipinski definition) is 7. The van der Waals surface area contributed by atoms with E-state index in [2.05, 4.69) is 21.6 Å². The lowest BCUT2D eigenvalue weighted by Crippen LogP contribution is -2.13. The van der Waals surface area contributed by atoms with Gasteiger partial charge in [-0.3, -0.25) is 10.1 Å². The van der Waals surface area contributed by atoms with Crippen LogP contribution in [0.15, 0.2) is 53.3 Å². The maximum absolute atomic E-state index is 12.4. The van der Waals surface area contributed by atoms with Crippen LogP contribution in [-0.2, 0) is 21.1 Å². The summed E-state index contributed by atoms with van der Waals surface area (Å²) in [6.07, 6.45) is 5.21. The zero-order valence-electron chi connectivity index (χ0n) is 15.7. The highest BCUT2D eigenvalue weighted by Gasteiger charge is 2.18. The molecule has 0 spiro atoms. The highest BCUT2D eigenvalue weighted by molar-refractivity contribution is 7.90. The van der Waals surface area contributed by atoms with Gasteiger partial charge in [0, 0.05) is 35.4 Å². The van der Waals surface area contributed by atoms with Gasteiger partial charge in [-0.25, -0.2) is 8.42 Å². The van der Waals surface area contributed by atoms with Crippen LogP contribution in [0, 0.1) is 11.3 Å². The number of nitrogens with one attached hydrogen (secondary N) is 1. The topological polar surface area (TPSA) is 118 Å². The highest BCUT2D eigenvalue weighted by atomic mass is 32.2. The average molecular weight is 428 g/mol. The second-order valence-corrected chi connectivity index (χ2v) is 8.76. The van der Waals surface area contributed by atoms with Crippen molar-refractivity contribution in [2.24, 2.45) is 0 Å². The Balaban J connectivity index is 1.85. The van der Waals surface area contributed by atoms with E-state index >= 15 is 0 Å². The third-order valence-electron chi connectivity index (χ3n) is 4.02. The minimum Gasteiger partial charge on any atom is -0.317 e. The maximum atomic E-state index is 12.4. The van der Waals surface area contributed by atoms with Crippen LogP contribution in [-0.4, -0.2) is 34.5 Å². The van der Waals surface area contributed by atoms with Gasteiger partial charge in [0.1, 0.15) is 11.6 Å². The van der Waals surface area contributed by atoms with E-state index < -0.39 is 15.7 Å². The summed E-state index contributed by atoms with van der Waals surface area (Å²) in [6, 6.07) is 13.4. The predicted octanol–water partition coefficient (Wildman–Crippen LogP) is 2.84. The summed E-state index contributed by atoms with van der Waals surface area (Å²) in [6.45, 7) is 2.08. The van der Waals surface area contributed by atoms with Gasteiger partial charge in [0.25, 0.3) is 11.1 Å². The van der Waals surface area contributed by atoms with Crippen LogP contribution in [0.1, 0.15) is 18.2 Å². The molecule has 0 unspecified atom stereocenters. The van der Waals surface area contributed by atoms with E-state index in [1.807, 2.05) is 47.2 Å². The van der Waals surface area contributed by atoms with Crippen molar-refractivity contribution in [1.82, 2.24) is 13.9 Å². The molecule has 1 amide bonds. The molecular weight excluding hydrogens is 410 g/mol. The van der Waals surface area contributed by atoms with Gasteiger partial charge in [-0.05, 0) is 42.3 Å². The molecule has 8 nitrogen and oxygen atoms in total. The van der Waals surface area contributed by atoms with E-state index in [0.717, 1.165) is 29.9 Å². The smallest absolute Gasteiger partial charge is 0.268 e. The molecule has 3 aromatic rings. The van der Waals surface area contributed by atoms with Gasteiger partial charge < -0.3 is 4.57 Å². The lowest BCUT2D eigenvalue weighted by molar-refractivity contribution is -0.112. The Labute approximate surface area is 172 Å². The Morgan fingerprint density at radius 2 is 2.03 bits per heavy atom. The van der Waals surface area contributed by atoms with Gasteiger partial charge in [0.2, 0.25) is 15.0 Å². The van der Waals surface area contributed by atoms with Gasteiger partial charge in [-0.15, -0.1) is 0 Å². The number of carbonyl (C=O) groups excluding carboxylic acids is 1. The van der Waals surface area contributed by atoms with Gasteiger partial charge in [-0.2, -0.15) is 14.6 Å². The fourth-order valence-electron chi connectivity index (χ4n) is 2.51. The number of benzene rings is 1. The SMILES string of the molecule is CCc1ccc(-n2cccc2C=C(C#N)C(=O)Nc2nc(S(C)(=O)=O)ns2)cc1. The summed E-state index contributed by atoms with van der Waals surface area (Å²) in [5.74, 6) is -0.696. The third kappa shape index (κ3) is 4.77. The quantitative estimate of drug-likeness (QED) is 0.477. The van der Waals surface area contributed by atoms with Crippen molar-refractivity contribution in [3.8, 4) is 11.8 Å². The van der Waals surface area contributed by atoms with Crippen molar-refractivity contribution < 1.29 is 13.2 Å². The van der Waals surface area contributed by atoms with Crippen molar-refractivity contribution in [2.45, 2.75) is 18.5 Å². The Morgan fingerprint density at radius 1 is 1.31 bits per heavy atom. The van der Waals surface area contributed by atoms with E-state index in [9.17, 15) is 18.5 Å². The largest absolute Gasteiger partial charge is 0.317 e. The summed E-state index contributed by atoms with van der Waals surface area (Å²) in [5, 5.41) is 11.5. The summed E-state index contributed by atoms with van der Waals surface area (Å²) >= 11 is 0.730. The first-order valence-corrected chi connectivity index (χ1v) is 11.2. The first-order chi connectivity index (χ1) is 13.8. The summed E-state index contributed by atoms with van der Waals surface area (Å²) in [5.41, 5.74) is 2.61. The predicted molar refractivity (Wildman–Crippen MR) is 110 cm³/mol. The molecule has 0 bridgehead atoms. The van der Waals surface area contributed by atoms with E-state index in [0.29, 0.717) is 5.69 Å². The van der Waals surface area contributed by atoms with E-state index in [-0.39, 0.29) is 15.9 Å². The zero-order valence-corrected chi connectivity index (χ0v) is 17.3. The number of aryl methyl sites for hydroxylation is 1. The molecule has 0 aliphatic rings. The van der Waals surface area contributed by atoms with E-state index in [1.165, 1.54) is 11.6 Å². The van der Waals surface area contributed by atoms with E-state index in [4.69, 9.17) is 0 Å². The van der Waals surface area contributed by atoms with Crippen LogP contribution in [0.5, 0.6) is 0 Å². The lowest BCUT2D eigenvalue weighted by atomic mass is 10.1. The number of nitriles is 1. The molecular formula is C19H17N5O3S2. The molecule has 0 aliphatic carbocycles. The summed E-state index contributed by atoms with van der Waals surface area (Å²) in [4.78, 5) is 16.2. The summed E-state index contributed by atoms with van der Waals surface area (Å²) in [7, 11) is -3.57. The molecule has 0 saturated heterocycles. The number of amides is 1. The minimum absolute atomic E-state index is 0.00196. The molecule has 148 valence electrons. The van der Waals surface area contributed by atoms with Crippen LogP contribution in [0.25, 0.3) is 11.8 Å². The lowest BCUT2D eigenvalue weighted by Gasteiger charge is -2.08. The Hall–Kier alpha value is -3.29. The molecule has 29 heavy (non-hydrogen) atoms. The molecule has 0 atom stereocenters. The molecule has 0 aliphatic heterocycles. The number of anilines is 1. The molecule has 0 fully saturated rings. The minimum atomic E-state index is -3.57. The standard InChI is InChI=1S/C19H17N5O3S2/c1-3-13-6-8-15(9-7-13)24-10-4-5-16(24)11-14(12-20)17(25)21-18-22-19(23-28-18)29(2,26)27/h4-11H,3H2,1-2H3,(H,21,22,23,25). The zero-order chi connectivity index (χ0) is 21.0. The molecule has 10 heteroatoms. The number of nitrogens with zero attached hydrogens (tertiary/aromatic N) is 4. The van der Waals surface area contributed by atoms with Crippen molar-refractivity contribution in [3.63, 3.8) is 0 Å². The van der Waals surface area contributed by atoms with Crippen LogP contribution in [0.4, 0.5) is 5.13 Å². The third-order valence-corrected chi connectivity index (χ3v) is 5.61. The molecule has 1 N–H and O–H groups in total. The van der Waals surface area contributed by atoms with Gasteiger partial charge in [0.15, 0.2) is 0 Å². The van der Waals surface area contributed by atoms with Crippen LogP contribution in [0.3, 0.4) is 0 Å². The van der Waals surface area contributed by atoms with Crippen LogP contribution >= 0.6 is 11.5 Å². The van der Waals surface area contributed by atoms with Crippen molar-refractivity contribution >= 4 is 38.5 Å². The Kier molecular flexibility index (Phi) is 5.91. The fourth-order valence-corrected chi connectivity index (χ4v) is 3.95. The highest BCUT2D eigenvalue weighted by Crippen LogP contribution is 2.19. The van der Waals surface area contributed by atoms with Crippen molar-refractivity contribution in [2.75, 3.05) is 11.6 Å². The first-order valence-electron chi connectivity index (χ1n) is 8.55. The van der Waals surface area contributed by atoms with Gasteiger partial charge in [-0.1, -0.05) is 19.1 Å². The Morgan fingerprint density at radius 3 is 2.62 bits per heavy atom.